The molecule has 0 spiro atoms. The summed E-state index contributed by atoms with van der Waals surface area (Å²) in [6.07, 6.45) is 0.927. The van der Waals surface area contributed by atoms with Gasteiger partial charge in [-0.05, 0) is 127 Å². The van der Waals surface area contributed by atoms with Gasteiger partial charge in [-0.1, -0.05) is 97.1 Å². The Labute approximate surface area is 242 Å². The summed E-state index contributed by atoms with van der Waals surface area (Å²) < 4.78 is 7.36. The van der Waals surface area contributed by atoms with Crippen LogP contribution >= 0.6 is 22.6 Å². The van der Waals surface area contributed by atoms with Gasteiger partial charge < -0.3 is 4.74 Å². The first kappa shape index (κ1) is 23.9. The quantitative estimate of drug-likeness (QED) is 0.176. The normalized spacial score (nSPS) is 11.6. The molecule has 1 aliphatic rings. The number of hydrogen-bond acceptors (Lipinski definition) is 1. The Morgan fingerprint density at radius 3 is 1.72 bits per heavy atom. The fourth-order valence-electron chi connectivity index (χ4n) is 5.67. The number of fused-ring (bicyclic) bond motifs is 3. The average molecular weight is 613 g/mol. The third kappa shape index (κ3) is 4.55. The molecule has 0 aromatic heterocycles. The summed E-state index contributed by atoms with van der Waals surface area (Å²) in [5, 5.41) is 0. The minimum Gasteiger partial charge on any atom is -0.457 e. The summed E-state index contributed by atoms with van der Waals surface area (Å²) in [7, 11) is 0. The van der Waals surface area contributed by atoms with E-state index in [9.17, 15) is 0 Å². The highest BCUT2D eigenvalue weighted by atomic mass is 127. The van der Waals surface area contributed by atoms with Crippen LogP contribution in [0.4, 0.5) is 0 Å². The average Bonchev–Trinajstić information content (AvgIpc) is 3.37. The zero-order valence-corrected chi connectivity index (χ0v) is 23.4. The van der Waals surface area contributed by atoms with Gasteiger partial charge >= 0.3 is 0 Å². The van der Waals surface area contributed by atoms with Gasteiger partial charge in [-0.25, -0.2) is 0 Å². The van der Waals surface area contributed by atoms with Crippen molar-refractivity contribution in [3.05, 3.63) is 154 Å². The second-order valence-electron chi connectivity index (χ2n) is 9.85. The Morgan fingerprint density at radius 2 is 1.03 bits per heavy atom. The molecule has 0 heterocycles. The summed E-state index contributed by atoms with van der Waals surface area (Å²) in [5.41, 5.74) is 12.9. The highest BCUT2D eigenvalue weighted by Gasteiger charge is 2.27. The van der Waals surface area contributed by atoms with E-state index in [1.165, 1.54) is 59.2 Å². The Morgan fingerprint density at radius 1 is 0.462 bits per heavy atom. The molecule has 0 aliphatic heterocycles. The molecular weight excluding hydrogens is 587 g/mol. The maximum Gasteiger partial charge on any atom is 0.127 e. The predicted octanol–water partition coefficient (Wildman–Crippen LogP) is 10.7. The van der Waals surface area contributed by atoms with Crippen LogP contribution in [0.2, 0.25) is 0 Å². The molecule has 0 saturated heterocycles. The molecule has 1 nitrogen and oxygen atoms in total. The molecule has 0 fully saturated rings. The van der Waals surface area contributed by atoms with E-state index in [1.807, 2.05) is 12.1 Å². The third-order valence-corrected chi connectivity index (χ3v) is 8.17. The van der Waals surface area contributed by atoms with Crippen LogP contribution in [0.3, 0.4) is 0 Å². The van der Waals surface area contributed by atoms with Crippen molar-refractivity contribution in [2.75, 3.05) is 0 Å². The molecule has 6 aromatic carbocycles. The van der Waals surface area contributed by atoms with Crippen LogP contribution in [0.15, 0.2) is 140 Å². The lowest BCUT2D eigenvalue weighted by Gasteiger charge is -2.21. The number of ether oxygens (including phenoxy) is 1. The molecule has 39 heavy (non-hydrogen) atoms. The van der Waals surface area contributed by atoms with Gasteiger partial charge in [0, 0.05) is 3.57 Å². The van der Waals surface area contributed by atoms with Crippen molar-refractivity contribution in [1.82, 2.24) is 0 Å². The highest BCUT2D eigenvalue weighted by Crippen LogP contribution is 2.50. The number of hydrogen-bond donors (Lipinski definition) is 0. The molecule has 6 aromatic rings. The first-order chi connectivity index (χ1) is 19.2. The van der Waals surface area contributed by atoms with Gasteiger partial charge in [0.15, 0.2) is 0 Å². The molecule has 0 N–H and O–H groups in total. The minimum atomic E-state index is 0.834. The molecule has 0 unspecified atom stereocenters. The van der Waals surface area contributed by atoms with Crippen molar-refractivity contribution in [1.29, 1.82) is 0 Å². The maximum atomic E-state index is 6.17. The van der Waals surface area contributed by atoms with Crippen LogP contribution in [0.5, 0.6) is 11.5 Å². The van der Waals surface area contributed by atoms with E-state index in [0.29, 0.717) is 0 Å². The molecule has 0 saturated carbocycles. The Kier molecular flexibility index (Phi) is 6.26. The lowest BCUT2D eigenvalue weighted by Crippen LogP contribution is -1.97. The van der Waals surface area contributed by atoms with E-state index in [4.69, 9.17) is 4.74 Å². The fraction of sp³-hybridized carbons (Fsp3) is 0.0270. The van der Waals surface area contributed by atoms with Crippen molar-refractivity contribution >= 4 is 22.6 Å². The molecule has 0 amide bonds. The zero-order valence-electron chi connectivity index (χ0n) is 21.3. The van der Waals surface area contributed by atoms with Gasteiger partial charge in [-0.15, -0.1) is 0 Å². The van der Waals surface area contributed by atoms with Crippen molar-refractivity contribution in [2.45, 2.75) is 6.42 Å². The van der Waals surface area contributed by atoms with Gasteiger partial charge in [-0.3, -0.25) is 0 Å². The molecular formula is C37H25IO. The molecule has 1 aliphatic carbocycles. The van der Waals surface area contributed by atoms with E-state index in [0.717, 1.165) is 17.9 Å². The maximum absolute atomic E-state index is 6.17. The standard InChI is InChI=1S/C37H25IO/c38-29-17-21-31(22-18-29)39-30-19-15-27(16-20-30)37-35-23-28-13-7-8-14-32(28)34(35)24-33(25-9-3-1-4-10-25)36(37)26-11-5-2-6-12-26/h1-22,24H,23H2. The largest absolute Gasteiger partial charge is 0.457 e. The predicted molar refractivity (Wildman–Crippen MR) is 170 cm³/mol. The summed E-state index contributed by atoms with van der Waals surface area (Å²) in [6.45, 7) is 0. The molecule has 0 radical (unpaired) electrons. The third-order valence-electron chi connectivity index (χ3n) is 7.45. The van der Waals surface area contributed by atoms with Crippen LogP contribution in [0, 0.1) is 3.57 Å². The van der Waals surface area contributed by atoms with Crippen LogP contribution in [0.25, 0.3) is 44.5 Å². The van der Waals surface area contributed by atoms with Crippen molar-refractivity contribution in [3.8, 4) is 56.0 Å². The van der Waals surface area contributed by atoms with Crippen LogP contribution in [-0.2, 0) is 6.42 Å². The van der Waals surface area contributed by atoms with Crippen LogP contribution < -0.4 is 4.74 Å². The second-order valence-corrected chi connectivity index (χ2v) is 11.1. The monoisotopic (exact) mass is 612 g/mol. The Bertz CT molecular complexity index is 1770. The lowest BCUT2D eigenvalue weighted by atomic mass is 9.82. The molecule has 2 heteroatoms. The van der Waals surface area contributed by atoms with Gasteiger partial charge in [0.05, 0.1) is 0 Å². The topological polar surface area (TPSA) is 9.23 Å². The molecule has 7 rings (SSSR count). The summed E-state index contributed by atoms with van der Waals surface area (Å²) in [5.74, 6) is 1.68. The molecule has 186 valence electrons. The summed E-state index contributed by atoms with van der Waals surface area (Å²) in [4.78, 5) is 0. The van der Waals surface area contributed by atoms with Crippen LogP contribution in [0.1, 0.15) is 11.1 Å². The number of benzene rings is 6. The van der Waals surface area contributed by atoms with Crippen LogP contribution in [-0.4, -0.2) is 0 Å². The van der Waals surface area contributed by atoms with Crippen molar-refractivity contribution < 1.29 is 4.74 Å². The lowest BCUT2D eigenvalue weighted by molar-refractivity contribution is 0.482. The van der Waals surface area contributed by atoms with Crippen molar-refractivity contribution in [3.63, 3.8) is 0 Å². The van der Waals surface area contributed by atoms with Gasteiger partial charge in [0.1, 0.15) is 11.5 Å². The first-order valence-corrected chi connectivity index (χ1v) is 14.3. The smallest absolute Gasteiger partial charge is 0.127 e. The highest BCUT2D eigenvalue weighted by molar-refractivity contribution is 14.1. The fourth-order valence-corrected chi connectivity index (χ4v) is 6.03. The Hall–Kier alpha value is -4.15. The minimum absolute atomic E-state index is 0.834. The SMILES string of the molecule is Ic1ccc(Oc2ccc(-c3c4c(cc(-c5ccccc5)c3-c3ccccc3)-c3ccccc3C4)cc2)cc1. The first-order valence-electron chi connectivity index (χ1n) is 13.2. The zero-order chi connectivity index (χ0) is 26.2. The van der Waals surface area contributed by atoms with E-state index < -0.39 is 0 Å². The van der Waals surface area contributed by atoms with E-state index in [2.05, 4.69) is 150 Å². The molecule has 0 bridgehead atoms. The van der Waals surface area contributed by atoms with Gasteiger partial charge in [0.2, 0.25) is 0 Å². The number of rotatable bonds is 5. The van der Waals surface area contributed by atoms with E-state index in [-0.39, 0.29) is 0 Å². The summed E-state index contributed by atoms with van der Waals surface area (Å²) >= 11 is 2.31. The second kappa shape index (κ2) is 10.2. The van der Waals surface area contributed by atoms with E-state index in [1.54, 1.807) is 0 Å². The number of halogens is 1. The molecule has 0 atom stereocenters. The van der Waals surface area contributed by atoms with E-state index >= 15 is 0 Å². The van der Waals surface area contributed by atoms with Crippen molar-refractivity contribution in [2.24, 2.45) is 0 Å². The van der Waals surface area contributed by atoms with Gasteiger partial charge in [0.25, 0.3) is 0 Å². The summed E-state index contributed by atoms with van der Waals surface area (Å²) in [6, 6.07) is 49.6. The Balaban J connectivity index is 1.45. The van der Waals surface area contributed by atoms with Gasteiger partial charge in [-0.2, -0.15) is 0 Å².